The molecule has 0 saturated carbocycles. The number of carbonyl (C=O) groups excluding carboxylic acids is 4. The molecule has 0 unspecified atom stereocenters. The topological polar surface area (TPSA) is 105 Å². The van der Waals surface area contributed by atoms with Crippen molar-refractivity contribution in [3.8, 4) is 35.5 Å². The predicted molar refractivity (Wildman–Crippen MR) is 213 cm³/mol. The van der Waals surface area contributed by atoms with Gasteiger partial charge in [-0.2, -0.15) is 0 Å². The Morgan fingerprint density at radius 2 is 0.906 bits per heavy atom. The van der Waals surface area contributed by atoms with Crippen molar-refractivity contribution in [1.82, 2.24) is 0 Å². The Balaban J connectivity index is 2.47. The van der Waals surface area contributed by atoms with Crippen LogP contribution in [0.1, 0.15) is 64.5 Å². The number of esters is 4. The van der Waals surface area contributed by atoms with E-state index in [1.165, 1.54) is 37.6 Å². The fourth-order valence-corrected chi connectivity index (χ4v) is 11.4. The van der Waals surface area contributed by atoms with E-state index in [1.807, 2.05) is 58.0 Å². The molecule has 0 radical (unpaired) electrons. The van der Waals surface area contributed by atoms with E-state index in [1.54, 1.807) is 0 Å². The minimum Gasteiger partial charge on any atom is -0.468 e. The minimum atomic E-state index is -2.41. The fraction of sp³-hybridized carbons (Fsp3) is 0.488. The molecule has 0 N–H and O–H groups in total. The van der Waals surface area contributed by atoms with Gasteiger partial charge in [0.05, 0.1) is 14.2 Å². The summed E-state index contributed by atoms with van der Waals surface area (Å²) >= 11 is 1.16. The van der Waals surface area contributed by atoms with Crippen molar-refractivity contribution in [2.45, 2.75) is 81.0 Å². The van der Waals surface area contributed by atoms with E-state index in [4.69, 9.17) is 18.9 Å². The molecule has 8 nitrogen and oxygen atoms in total. The first-order valence-electron chi connectivity index (χ1n) is 17.4. The summed E-state index contributed by atoms with van der Waals surface area (Å²) in [5.41, 5.74) is -2.44. The van der Waals surface area contributed by atoms with E-state index < -0.39 is 63.9 Å². The second-order valence-electron chi connectivity index (χ2n) is 15.4. The number of hydrogen-bond donors (Lipinski definition) is 0. The SMILES string of the molecule is COC(=O)C(CC#CCC(CC#CC(C)(C)Cc1cccc[c]1[Sn]([CH3])([CH3])[CH3])(C(=O)OC)C(=O)OC)(CC#CC(C)(C)Cc1ccccc1Br)C(=O)OC. The van der Waals surface area contributed by atoms with Crippen LogP contribution in [0.2, 0.25) is 14.8 Å². The van der Waals surface area contributed by atoms with E-state index in [-0.39, 0.29) is 25.7 Å². The van der Waals surface area contributed by atoms with Crippen LogP contribution in [0.4, 0.5) is 0 Å². The van der Waals surface area contributed by atoms with Gasteiger partial charge in [0.2, 0.25) is 0 Å². The smallest absolute Gasteiger partial charge is 0.325 e. The summed E-state index contributed by atoms with van der Waals surface area (Å²) in [5, 5.41) is 0. The summed E-state index contributed by atoms with van der Waals surface area (Å²) in [6.45, 7) is 7.98. The molecule has 0 heterocycles. The largest absolute Gasteiger partial charge is 0.468 e. The summed E-state index contributed by atoms with van der Waals surface area (Å²) in [6, 6.07) is 16.3. The number of methoxy groups -OCH3 is 4. The third-order valence-electron chi connectivity index (χ3n) is 8.89. The number of rotatable bonds is 13. The molecule has 2 rings (SSSR count). The van der Waals surface area contributed by atoms with Gasteiger partial charge in [0.25, 0.3) is 0 Å². The number of halogens is 1. The first-order chi connectivity index (χ1) is 24.7. The van der Waals surface area contributed by atoms with E-state index in [9.17, 15) is 19.2 Å². The van der Waals surface area contributed by atoms with Crippen LogP contribution >= 0.6 is 15.9 Å². The molecule has 2 aromatic carbocycles. The Morgan fingerprint density at radius 3 is 1.28 bits per heavy atom. The molecule has 0 aliphatic heterocycles. The van der Waals surface area contributed by atoms with E-state index >= 15 is 0 Å². The van der Waals surface area contributed by atoms with Crippen molar-refractivity contribution < 1.29 is 38.1 Å². The van der Waals surface area contributed by atoms with E-state index in [0.29, 0.717) is 12.8 Å². The van der Waals surface area contributed by atoms with Gasteiger partial charge in [0.15, 0.2) is 5.41 Å². The minimum absolute atomic E-state index is 0.220. The first-order valence-corrected chi connectivity index (χ1v) is 28.1. The number of hydrogen-bond acceptors (Lipinski definition) is 8. The van der Waals surface area contributed by atoms with Crippen LogP contribution in [-0.4, -0.2) is 70.7 Å². The molecular weight excluding hydrogens is 843 g/mol. The average Bonchev–Trinajstić information content (AvgIpc) is 3.10. The molecule has 0 fully saturated rings. The Kier molecular flexibility index (Phi) is 16.8. The van der Waals surface area contributed by atoms with Crippen molar-refractivity contribution in [3.05, 3.63) is 64.1 Å². The molecule has 2 aromatic rings. The monoisotopic (exact) mass is 896 g/mol. The molecule has 0 aliphatic carbocycles. The molecule has 0 atom stereocenters. The van der Waals surface area contributed by atoms with Gasteiger partial charge < -0.3 is 9.47 Å². The maximum atomic E-state index is 13.3. The van der Waals surface area contributed by atoms with Gasteiger partial charge >= 0.3 is 198 Å². The summed E-state index contributed by atoms with van der Waals surface area (Å²) < 4.78 is 22.6. The Labute approximate surface area is 328 Å². The van der Waals surface area contributed by atoms with Crippen LogP contribution in [0.15, 0.2) is 53.0 Å². The summed E-state index contributed by atoms with van der Waals surface area (Å²) in [6.07, 6.45) is 0.165. The molecule has 0 aromatic heterocycles. The zero-order valence-corrected chi connectivity index (χ0v) is 37.4. The van der Waals surface area contributed by atoms with Crippen LogP contribution in [0.25, 0.3) is 0 Å². The number of carbonyl (C=O) groups is 4. The summed E-state index contributed by atoms with van der Waals surface area (Å²) in [4.78, 5) is 60.2. The van der Waals surface area contributed by atoms with Gasteiger partial charge in [-0.25, -0.2) is 0 Å². The van der Waals surface area contributed by atoms with E-state index in [0.717, 1.165) is 10.0 Å². The Bertz CT molecular complexity index is 1800. The molecule has 0 spiro atoms. The second kappa shape index (κ2) is 19.6. The van der Waals surface area contributed by atoms with Crippen LogP contribution in [0.5, 0.6) is 0 Å². The third kappa shape index (κ3) is 12.4. The zero-order valence-electron chi connectivity index (χ0n) is 33.0. The quantitative estimate of drug-likeness (QED) is 0.0693. The zero-order chi connectivity index (χ0) is 40.1. The van der Waals surface area contributed by atoms with Gasteiger partial charge in [0, 0.05) is 16.3 Å². The number of benzene rings is 2. The van der Waals surface area contributed by atoms with Gasteiger partial charge in [-0.1, -0.05) is 40.0 Å². The van der Waals surface area contributed by atoms with Gasteiger partial charge in [0.1, 0.15) is 0 Å². The summed E-state index contributed by atoms with van der Waals surface area (Å²) in [5.74, 6) is 14.8. The maximum absolute atomic E-state index is 13.3. The number of ether oxygens (including phenoxy) is 4. The van der Waals surface area contributed by atoms with Gasteiger partial charge in [-0.3, -0.25) is 9.59 Å². The molecule has 0 saturated heterocycles. The van der Waals surface area contributed by atoms with Crippen LogP contribution in [0.3, 0.4) is 0 Å². The Morgan fingerprint density at radius 1 is 0.566 bits per heavy atom. The van der Waals surface area contributed by atoms with Crippen molar-refractivity contribution in [2.24, 2.45) is 21.7 Å². The van der Waals surface area contributed by atoms with Gasteiger partial charge in [-0.15, -0.1) is 5.92 Å². The average molecular weight is 897 g/mol. The van der Waals surface area contributed by atoms with Crippen LogP contribution in [0, 0.1) is 57.2 Å². The van der Waals surface area contributed by atoms with Crippen LogP contribution < -0.4 is 3.58 Å². The predicted octanol–water partition coefficient (Wildman–Crippen LogP) is 7.07. The van der Waals surface area contributed by atoms with Crippen LogP contribution in [-0.2, 0) is 51.0 Å². The molecule has 0 bridgehead atoms. The second-order valence-corrected chi connectivity index (χ2v) is 30.6. The molecule has 10 heteroatoms. The fourth-order valence-electron chi connectivity index (χ4n) is 6.03. The van der Waals surface area contributed by atoms with Crippen molar-refractivity contribution in [3.63, 3.8) is 0 Å². The standard InChI is InChI=1S/C40H44BrO8.3CH3.Sn/c1-37(2,28-30-18-10-9-11-19-30)22-16-26-39(33(42)46-5,34(43)47-6)24-14-15-25-40(35(44)48-7,36(45)49-8)27-17-23-38(3,4)29-31-20-12-13-21-32(31)41;;;;/h9-13,18,20-21H,24-29H2,1-8H3;3*1H3;. The maximum Gasteiger partial charge on any atom is 0.325 e. The van der Waals surface area contributed by atoms with E-state index in [2.05, 4.69) is 84.5 Å². The van der Waals surface area contributed by atoms with Crippen molar-refractivity contribution in [1.29, 1.82) is 0 Å². The Hall–Kier alpha value is -3.72. The van der Waals surface area contributed by atoms with Crippen molar-refractivity contribution in [2.75, 3.05) is 28.4 Å². The molecule has 0 amide bonds. The van der Waals surface area contributed by atoms with Gasteiger partial charge in [-0.05, 0) is 31.9 Å². The van der Waals surface area contributed by atoms with Crippen molar-refractivity contribution >= 4 is 61.8 Å². The molecular formula is C43H53BrO8Sn. The molecule has 284 valence electrons. The molecule has 0 aliphatic rings. The third-order valence-corrected chi connectivity index (χ3v) is 15.7. The molecule has 53 heavy (non-hydrogen) atoms. The normalized spacial score (nSPS) is 11.7. The first kappa shape index (κ1) is 45.4. The summed E-state index contributed by atoms with van der Waals surface area (Å²) in [7, 11) is 4.69.